The summed E-state index contributed by atoms with van der Waals surface area (Å²) >= 11 is 0. The van der Waals surface area contributed by atoms with Crippen molar-refractivity contribution in [2.45, 2.75) is 77.3 Å². The van der Waals surface area contributed by atoms with Gasteiger partial charge in [0.1, 0.15) is 19.5 Å². The predicted octanol–water partition coefficient (Wildman–Crippen LogP) is 0.774. The fourth-order valence-corrected chi connectivity index (χ4v) is 36.8. The van der Waals surface area contributed by atoms with E-state index in [9.17, 15) is 0 Å². The van der Waals surface area contributed by atoms with Crippen LogP contribution in [0.3, 0.4) is 0 Å². The molecule has 0 N–H and O–H groups in total. The van der Waals surface area contributed by atoms with Gasteiger partial charge in [-0.2, -0.15) is 0 Å². The first-order chi connectivity index (χ1) is 11.8. The van der Waals surface area contributed by atoms with Gasteiger partial charge in [-0.05, 0) is 64.5 Å². The second kappa shape index (κ2) is 11.0. The molecule has 0 bridgehead atoms. The summed E-state index contributed by atoms with van der Waals surface area (Å²) in [4.78, 5) is 0. The van der Waals surface area contributed by atoms with E-state index < -0.39 is 72.3 Å². The highest BCUT2D eigenvalue weighted by atomic mass is 29.2. The van der Waals surface area contributed by atoms with E-state index in [1.807, 2.05) is 0 Å². The quantitative estimate of drug-likeness (QED) is 0.454. The maximum absolute atomic E-state index is 6.40. The molecule has 0 radical (unpaired) electrons. The standard InChI is InChI=1S/C12H40O6Si8/c1-23(2)13-19-11-9-10-12-20-14-24(3,4)18-26(7,8)16-22-21-15-25(5,6)17-23/h9-12,19-22H2,1-8H3. The van der Waals surface area contributed by atoms with Crippen molar-refractivity contribution >= 4 is 72.3 Å². The SMILES string of the molecule is C[Si]1(C)O[SiH2]CCCC[SiH2]O[Si](C)(C)O[Si](C)(C)O[SiH2][SiH2]O[Si](C)(C)O1. The van der Waals surface area contributed by atoms with E-state index in [1.54, 1.807) is 0 Å². The molecule has 0 atom stereocenters. The largest absolute Gasteiger partial charge is 0.442 e. The average Bonchev–Trinajstić information content (AvgIpc) is 2.43. The van der Waals surface area contributed by atoms with Crippen LogP contribution in [0.5, 0.6) is 0 Å². The third-order valence-electron chi connectivity index (χ3n) is 3.90. The van der Waals surface area contributed by atoms with Crippen LogP contribution in [0.4, 0.5) is 0 Å². The molecule has 0 aromatic rings. The fourth-order valence-electron chi connectivity index (χ4n) is 3.07. The summed E-state index contributed by atoms with van der Waals surface area (Å²) in [6.07, 6.45) is 2.52. The number of hydrogen-bond acceptors (Lipinski definition) is 6. The van der Waals surface area contributed by atoms with Crippen LogP contribution in [0.2, 0.25) is 64.5 Å². The molecule has 0 aromatic carbocycles. The minimum Gasteiger partial charge on any atom is -0.442 e. The first-order valence-corrected chi connectivity index (χ1v) is 29.4. The molecule has 0 saturated carbocycles. The van der Waals surface area contributed by atoms with Crippen LogP contribution in [0.25, 0.3) is 0 Å². The van der Waals surface area contributed by atoms with E-state index in [0.29, 0.717) is 0 Å². The Balaban J connectivity index is 2.66. The van der Waals surface area contributed by atoms with Gasteiger partial charge in [-0.15, -0.1) is 0 Å². The van der Waals surface area contributed by atoms with E-state index >= 15 is 0 Å². The van der Waals surface area contributed by atoms with Gasteiger partial charge in [-0.3, -0.25) is 0 Å². The Bertz CT molecular complexity index is 385. The molecule has 1 saturated heterocycles. The van der Waals surface area contributed by atoms with Crippen molar-refractivity contribution in [1.82, 2.24) is 0 Å². The summed E-state index contributed by atoms with van der Waals surface area (Å²) in [5.41, 5.74) is 0. The van der Waals surface area contributed by atoms with E-state index in [-0.39, 0.29) is 0 Å². The molecule has 156 valence electrons. The van der Waals surface area contributed by atoms with Crippen molar-refractivity contribution in [1.29, 1.82) is 0 Å². The van der Waals surface area contributed by atoms with Gasteiger partial charge in [0.05, 0.1) is 0 Å². The summed E-state index contributed by atoms with van der Waals surface area (Å²) in [5, 5.41) is 0. The lowest BCUT2D eigenvalue weighted by Crippen LogP contribution is -2.52. The lowest BCUT2D eigenvalue weighted by Gasteiger charge is -2.35. The average molecular weight is 505 g/mol. The van der Waals surface area contributed by atoms with Crippen molar-refractivity contribution < 1.29 is 24.7 Å². The molecule has 0 aliphatic carbocycles. The van der Waals surface area contributed by atoms with Gasteiger partial charge in [0.25, 0.3) is 0 Å². The lowest BCUT2D eigenvalue weighted by atomic mass is 10.4. The zero-order valence-corrected chi connectivity index (χ0v) is 27.8. The Labute approximate surface area is 174 Å². The Hall–Kier alpha value is 1.50. The number of rotatable bonds is 0. The first-order valence-electron chi connectivity index (χ1n) is 9.79. The van der Waals surface area contributed by atoms with Crippen LogP contribution in [0.15, 0.2) is 0 Å². The Morgan fingerprint density at radius 1 is 0.500 bits per heavy atom. The molecule has 6 nitrogen and oxygen atoms in total. The molecule has 26 heavy (non-hydrogen) atoms. The normalized spacial score (nSPS) is 32.3. The Morgan fingerprint density at radius 2 is 0.808 bits per heavy atom. The third-order valence-corrected chi connectivity index (χ3v) is 32.1. The predicted molar refractivity (Wildman–Crippen MR) is 129 cm³/mol. The Kier molecular flexibility index (Phi) is 10.8. The third kappa shape index (κ3) is 12.1. The minimum absolute atomic E-state index is 0.488. The second-order valence-electron chi connectivity index (χ2n) is 8.61. The van der Waals surface area contributed by atoms with Gasteiger partial charge in [0.2, 0.25) is 0 Å². The summed E-state index contributed by atoms with van der Waals surface area (Å²) in [6.45, 7) is 17.3. The molecule has 1 rings (SSSR count). The lowest BCUT2D eigenvalue weighted by molar-refractivity contribution is 0.338. The maximum atomic E-state index is 6.40. The first kappa shape index (κ1) is 25.5. The van der Waals surface area contributed by atoms with Gasteiger partial charge < -0.3 is 24.7 Å². The molecular weight excluding hydrogens is 465 g/mol. The summed E-state index contributed by atoms with van der Waals surface area (Å²) in [7, 11) is -10.6. The summed E-state index contributed by atoms with van der Waals surface area (Å²) < 4.78 is 37.9. The van der Waals surface area contributed by atoms with Gasteiger partial charge in [0.15, 0.2) is 18.6 Å². The molecule has 14 heteroatoms. The smallest absolute Gasteiger partial charge is 0.312 e. The van der Waals surface area contributed by atoms with E-state index in [2.05, 4.69) is 52.4 Å². The molecule has 0 spiro atoms. The van der Waals surface area contributed by atoms with Crippen molar-refractivity contribution in [2.24, 2.45) is 0 Å². The fraction of sp³-hybridized carbons (Fsp3) is 1.00. The summed E-state index contributed by atoms with van der Waals surface area (Å²) in [5.74, 6) is 0. The van der Waals surface area contributed by atoms with Crippen LogP contribution in [0.1, 0.15) is 12.8 Å². The monoisotopic (exact) mass is 504 g/mol. The minimum atomic E-state index is -2.11. The molecule has 0 unspecified atom stereocenters. The van der Waals surface area contributed by atoms with Crippen LogP contribution in [0, 0.1) is 0 Å². The van der Waals surface area contributed by atoms with Crippen molar-refractivity contribution in [2.75, 3.05) is 0 Å². The van der Waals surface area contributed by atoms with Crippen LogP contribution < -0.4 is 0 Å². The molecule has 1 heterocycles. The highest BCUT2D eigenvalue weighted by molar-refractivity contribution is 7.01. The van der Waals surface area contributed by atoms with Crippen molar-refractivity contribution in [3.05, 3.63) is 0 Å². The van der Waals surface area contributed by atoms with Crippen molar-refractivity contribution in [3.63, 3.8) is 0 Å². The van der Waals surface area contributed by atoms with E-state index in [0.717, 1.165) is 0 Å². The molecule has 0 aromatic heterocycles. The maximum Gasteiger partial charge on any atom is 0.312 e. The van der Waals surface area contributed by atoms with Gasteiger partial charge in [-0.25, -0.2) is 0 Å². The highest BCUT2D eigenvalue weighted by Crippen LogP contribution is 2.19. The highest BCUT2D eigenvalue weighted by Gasteiger charge is 2.37. The Morgan fingerprint density at radius 3 is 1.15 bits per heavy atom. The zero-order valence-electron chi connectivity index (χ0n) is 18.1. The van der Waals surface area contributed by atoms with Crippen LogP contribution >= 0.6 is 0 Å². The van der Waals surface area contributed by atoms with E-state index in [4.69, 9.17) is 24.7 Å². The molecule has 1 fully saturated rings. The topological polar surface area (TPSA) is 55.4 Å². The van der Waals surface area contributed by atoms with E-state index in [1.165, 1.54) is 24.9 Å². The van der Waals surface area contributed by atoms with Gasteiger partial charge in [-0.1, -0.05) is 12.8 Å². The van der Waals surface area contributed by atoms with Crippen LogP contribution in [-0.4, -0.2) is 72.3 Å². The molecule has 1 aliphatic rings. The van der Waals surface area contributed by atoms with Crippen molar-refractivity contribution in [3.8, 4) is 0 Å². The van der Waals surface area contributed by atoms with Gasteiger partial charge >= 0.3 is 34.2 Å². The molecular formula is C12H40O6Si8. The summed E-state index contributed by atoms with van der Waals surface area (Å²) in [6, 6.07) is 2.48. The van der Waals surface area contributed by atoms with Crippen LogP contribution in [-0.2, 0) is 24.7 Å². The van der Waals surface area contributed by atoms with Gasteiger partial charge in [0, 0.05) is 0 Å². The zero-order chi connectivity index (χ0) is 19.9. The number of hydrogen-bond donors (Lipinski definition) is 0. The molecule has 1 aliphatic heterocycles. The second-order valence-corrected chi connectivity index (χ2v) is 31.6. The molecule has 0 amide bonds.